The third-order valence-electron chi connectivity index (χ3n) is 13.2. The van der Waals surface area contributed by atoms with Gasteiger partial charge in [-0.1, -0.05) is 149 Å². The van der Waals surface area contributed by atoms with E-state index in [1.54, 1.807) is 109 Å². The summed E-state index contributed by atoms with van der Waals surface area (Å²) in [5, 5.41) is 20.5. The van der Waals surface area contributed by atoms with Crippen molar-refractivity contribution in [2.24, 2.45) is 5.73 Å². The number of aromatic amines is 1. The Bertz CT molecular complexity index is 4420. The standard InChI is InChI=1S/C23H24ClFN2O3S.C21H20ClFN2O3S.C18H15ClFNO2S.C5H10BrNO.C3H9N.C2H2Br2O.2CH4.Li.2H2O/c1-5-30-23(29)15-7-6-8-16(11-15)31-22-14(4)27(12-19(28)26-13(2)3)21-17(22)9-10-18(24)20(21)25;1-11(2)24-17(26)10-25-12(3)20(15-7-8-16(22)18(23)19(15)25)29-14-6-4-5-13(9-14)21(27)28;1-3-23-18(22)11-5-4-6-12(9-11)24-17-10(2)21-16-13(17)7-8-14(19)15(16)20;1-4(2)7-5(8)3-6;1-3(2)4;3-1-2(4)5;;;;;/h6-11,13H,5,12H2,1-4H3,(H,26,28);4-9,11H,10H2,1-3H3,(H,24,26)(H,27,28);4-9,21H,3H2,1-2H3;4H,3H2,1-2H3,(H,7,8);3H,4H2,1-2H3;1H2;2*1H4;;2*1H2/q;;;;;;;;+1;;/p-1. The Labute approximate surface area is 682 Å². The number of aromatic nitrogens is 3. The van der Waals surface area contributed by atoms with E-state index in [-0.39, 0.29) is 136 Å². The molecular formula is C74H91Br3Cl3F3LiN7O12S3. The van der Waals surface area contributed by atoms with Crippen molar-refractivity contribution in [2.75, 3.05) is 23.9 Å². The van der Waals surface area contributed by atoms with Gasteiger partial charge in [0.1, 0.15) is 13.1 Å². The first-order valence-corrected chi connectivity index (χ1v) is 38.0. The second kappa shape index (κ2) is 50.0. The Morgan fingerprint density at radius 2 is 0.868 bits per heavy atom. The molecule has 0 unspecified atom stereocenters. The van der Waals surface area contributed by atoms with Crippen LogP contribution in [0.25, 0.3) is 32.7 Å². The summed E-state index contributed by atoms with van der Waals surface area (Å²) in [5.41, 5.74) is 9.43. The number of carboxylic acids is 1. The molecule has 0 fully saturated rings. The number of benzene rings is 6. The van der Waals surface area contributed by atoms with Crippen molar-refractivity contribution in [3.05, 3.63) is 175 Å². The van der Waals surface area contributed by atoms with Crippen molar-refractivity contribution in [1.29, 1.82) is 0 Å². The maximum Gasteiger partial charge on any atom is 1.00 e. The average molecular weight is 1780 g/mol. The first kappa shape index (κ1) is 102. The number of carboxylic acid groups (broad SMARTS) is 1. The molecule has 0 radical (unpaired) electrons. The molecule has 576 valence electrons. The number of nitrogens with one attached hydrogen (secondary N) is 4. The molecule has 0 saturated carbocycles. The van der Waals surface area contributed by atoms with Gasteiger partial charge in [0.15, 0.2) is 17.5 Å². The van der Waals surface area contributed by atoms with Gasteiger partial charge in [0, 0.05) is 80.7 Å². The zero-order chi connectivity index (χ0) is 75.7. The SMILES string of the molecule is C.C.CC(C)N.CC(C)NC(=O)CBr.CCOC(=O)c1cccc(Sc2c(C)[nH]c3c(F)c(Cl)ccc23)c1.CCOC(=O)c1cccc(Sc2c(C)n(CC(=O)NC(C)C)c3c(F)c(Cl)ccc23)c1.Cc1c(Sc2cccc(C(=O)O)c2)c2ccc(Cl)c(F)c2n1CC(=O)NC(C)C.O.O=C(Br)CBr.[Li+].[OH-]. The molecule has 106 heavy (non-hydrogen) atoms. The van der Waals surface area contributed by atoms with E-state index in [1.165, 1.54) is 53.5 Å². The maximum atomic E-state index is 15.0. The van der Waals surface area contributed by atoms with Crippen molar-refractivity contribution < 1.29 is 91.1 Å². The van der Waals surface area contributed by atoms with Crippen LogP contribution in [0.2, 0.25) is 15.1 Å². The summed E-state index contributed by atoms with van der Waals surface area (Å²) >= 11 is 30.7. The van der Waals surface area contributed by atoms with Gasteiger partial charge in [0.2, 0.25) is 22.4 Å². The molecule has 0 aliphatic carbocycles. The van der Waals surface area contributed by atoms with Gasteiger partial charge in [-0.05, 0) is 189 Å². The van der Waals surface area contributed by atoms with Gasteiger partial charge in [-0.3, -0.25) is 19.2 Å². The second-order valence-corrected chi connectivity index (χ2v) is 29.5. The van der Waals surface area contributed by atoms with E-state index in [0.717, 1.165) is 41.3 Å². The summed E-state index contributed by atoms with van der Waals surface area (Å²) < 4.78 is 57.4. The number of hydrogen-bond donors (Lipinski definition) is 6. The van der Waals surface area contributed by atoms with E-state index in [0.29, 0.717) is 67.9 Å². The number of carbonyl (C=O) groups excluding carboxylic acids is 6. The molecule has 0 bridgehead atoms. The quantitative estimate of drug-likeness (QED) is 0.0179. The van der Waals surface area contributed by atoms with Crippen LogP contribution in [0, 0.1) is 38.2 Å². The second-order valence-electron chi connectivity index (χ2n) is 23.0. The van der Waals surface area contributed by atoms with Gasteiger partial charge in [0.05, 0.1) is 72.2 Å². The zero-order valence-electron chi connectivity index (χ0n) is 59.6. The number of fused-ring (bicyclic) bond motifs is 3. The fourth-order valence-corrected chi connectivity index (χ4v) is 13.1. The molecule has 19 nitrogen and oxygen atoms in total. The molecule has 3 aromatic heterocycles. The molecule has 9 aromatic rings. The van der Waals surface area contributed by atoms with Crippen molar-refractivity contribution in [3.8, 4) is 0 Å². The molecule has 0 aliphatic rings. The minimum atomic E-state index is -1.02. The summed E-state index contributed by atoms with van der Waals surface area (Å²) in [6.45, 7) is 24.8. The predicted molar refractivity (Wildman–Crippen MR) is 432 cm³/mol. The molecule has 9 rings (SSSR count). The fraction of sp³-hybridized carbons (Fsp3) is 0.338. The number of halogens is 9. The van der Waals surface area contributed by atoms with Crippen LogP contribution in [0.3, 0.4) is 0 Å². The Hall–Kier alpha value is -5.94. The van der Waals surface area contributed by atoms with E-state index in [2.05, 4.69) is 68.7 Å². The Morgan fingerprint density at radius 3 is 1.19 bits per heavy atom. The molecule has 3 heterocycles. The number of carbonyl (C=O) groups is 7. The van der Waals surface area contributed by atoms with Crippen molar-refractivity contribution >= 4 is 191 Å². The first-order valence-electron chi connectivity index (χ1n) is 31.3. The summed E-state index contributed by atoms with van der Waals surface area (Å²) in [6, 6.07) is 31.1. The topological polar surface area (TPSA) is 307 Å². The van der Waals surface area contributed by atoms with E-state index in [1.807, 2.05) is 81.4 Å². The van der Waals surface area contributed by atoms with E-state index >= 15 is 4.39 Å². The predicted octanol–water partition coefficient (Wildman–Crippen LogP) is 16.1. The van der Waals surface area contributed by atoms with Gasteiger partial charge in [-0.25, -0.2) is 27.6 Å². The molecule has 0 atom stereocenters. The monoisotopic (exact) mass is 1770 g/mol. The van der Waals surface area contributed by atoms with E-state index < -0.39 is 29.4 Å². The summed E-state index contributed by atoms with van der Waals surface area (Å²) in [5.74, 6) is -3.78. The number of rotatable bonds is 20. The number of aromatic carboxylic acids is 1. The Kier molecular flexibility index (Phi) is 48.1. The smallest absolute Gasteiger partial charge is 0.870 e. The fourth-order valence-electron chi connectivity index (χ4n) is 9.27. The van der Waals surface area contributed by atoms with Crippen LogP contribution in [0.4, 0.5) is 13.2 Å². The van der Waals surface area contributed by atoms with Crippen LogP contribution in [0.5, 0.6) is 0 Å². The summed E-state index contributed by atoms with van der Waals surface area (Å²) in [7, 11) is 0. The minimum Gasteiger partial charge on any atom is -0.870 e. The molecule has 3 amide bonds. The molecule has 32 heteroatoms. The third kappa shape index (κ3) is 30.8. The maximum absolute atomic E-state index is 15.0. The summed E-state index contributed by atoms with van der Waals surface area (Å²) in [6.07, 6.45) is 0. The Morgan fingerprint density at radius 1 is 0.547 bits per heavy atom. The number of H-pyrrole nitrogens is 1. The number of hydrogen-bond acceptors (Lipinski definition) is 14. The van der Waals surface area contributed by atoms with Crippen molar-refractivity contribution in [3.63, 3.8) is 0 Å². The molecule has 0 aliphatic heterocycles. The number of nitrogens with two attached hydrogens (primary N) is 1. The molecule has 6 aromatic carbocycles. The van der Waals surface area contributed by atoms with Gasteiger partial charge in [-0.2, -0.15) is 0 Å². The Balaban J connectivity index is 0. The molecule has 0 spiro atoms. The number of amides is 3. The number of ether oxygens (including phenoxy) is 2. The van der Waals surface area contributed by atoms with Gasteiger partial charge in [-0.15, -0.1) is 0 Å². The first-order chi connectivity index (χ1) is 47.6. The van der Waals surface area contributed by atoms with Gasteiger partial charge >= 0.3 is 36.8 Å². The van der Waals surface area contributed by atoms with Gasteiger partial charge in [0.25, 0.3) is 0 Å². The van der Waals surface area contributed by atoms with Crippen LogP contribution < -0.4 is 40.5 Å². The van der Waals surface area contributed by atoms with Crippen molar-refractivity contribution in [1.82, 2.24) is 30.1 Å². The van der Waals surface area contributed by atoms with Crippen LogP contribution in [-0.4, -0.2) is 119 Å². The summed E-state index contributed by atoms with van der Waals surface area (Å²) in [4.78, 5) is 88.0. The van der Waals surface area contributed by atoms with Crippen LogP contribution in [0.1, 0.15) is 132 Å². The van der Waals surface area contributed by atoms with Crippen LogP contribution in [0.15, 0.2) is 139 Å². The average Bonchev–Trinajstić information content (AvgIpc) is 1.62. The zero-order valence-corrected chi connectivity index (χ0v) is 69.1. The van der Waals surface area contributed by atoms with E-state index in [4.69, 9.17) is 50.0 Å². The molecular weight excluding hydrogens is 1690 g/mol. The normalized spacial score (nSPS) is 10.3. The number of esters is 2. The number of nitrogens with zero attached hydrogens (tertiary/aromatic N) is 2. The van der Waals surface area contributed by atoms with Gasteiger partial charge < -0.3 is 61.3 Å². The van der Waals surface area contributed by atoms with Crippen molar-refractivity contribution in [2.45, 2.75) is 171 Å². The molecule has 0 saturated heterocycles. The number of alkyl halides is 2. The minimum absolute atomic E-state index is 0. The third-order valence-corrected chi connectivity index (χ3v) is 19.8. The largest absolute Gasteiger partial charge is 1.00 e. The number of aryl methyl sites for hydroxylation is 1. The molecule has 10 N–H and O–H groups in total. The van der Waals surface area contributed by atoms with E-state index in [9.17, 15) is 47.4 Å². The van der Waals surface area contributed by atoms with Crippen LogP contribution in [-0.2, 0) is 41.7 Å². The van der Waals surface area contributed by atoms with Crippen LogP contribution >= 0.6 is 118 Å².